The molecule has 1 aromatic rings. The number of aromatic nitrogens is 1. The molecule has 90 valence electrons. The largest absolute Gasteiger partial charge is 0.475 e. The van der Waals surface area contributed by atoms with Gasteiger partial charge in [-0.05, 0) is 31.9 Å². The highest BCUT2D eigenvalue weighted by molar-refractivity contribution is 5.17. The maximum atomic E-state index is 5.61. The van der Waals surface area contributed by atoms with Crippen LogP contribution < -0.4 is 10.1 Å². The van der Waals surface area contributed by atoms with Crippen LogP contribution in [-0.4, -0.2) is 17.6 Å². The van der Waals surface area contributed by atoms with Gasteiger partial charge in [0.05, 0.1) is 6.10 Å². The number of ether oxygens (including phenoxy) is 1. The second-order valence-electron chi connectivity index (χ2n) is 4.02. The first kappa shape index (κ1) is 13.0. The van der Waals surface area contributed by atoms with Gasteiger partial charge >= 0.3 is 0 Å². The number of nitrogens with one attached hydrogen (secondary N) is 1. The summed E-state index contributed by atoms with van der Waals surface area (Å²) in [6.45, 7) is 8.25. The van der Waals surface area contributed by atoms with Crippen molar-refractivity contribution in [1.29, 1.82) is 0 Å². The van der Waals surface area contributed by atoms with E-state index < -0.39 is 0 Å². The molecule has 1 unspecified atom stereocenters. The predicted molar refractivity (Wildman–Crippen MR) is 66.6 cm³/mol. The third-order valence-electron chi connectivity index (χ3n) is 2.45. The van der Waals surface area contributed by atoms with E-state index >= 15 is 0 Å². The first-order valence-electron chi connectivity index (χ1n) is 6.08. The lowest BCUT2D eigenvalue weighted by molar-refractivity contribution is 0.208. The van der Waals surface area contributed by atoms with E-state index in [1.54, 1.807) is 0 Å². The number of pyridine rings is 1. The molecular weight excluding hydrogens is 200 g/mol. The van der Waals surface area contributed by atoms with E-state index in [0.717, 1.165) is 25.9 Å². The fourth-order valence-electron chi connectivity index (χ4n) is 1.28. The highest BCUT2D eigenvalue weighted by Gasteiger charge is 2.01. The Labute approximate surface area is 98.2 Å². The Morgan fingerprint density at radius 1 is 1.38 bits per heavy atom. The van der Waals surface area contributed by atoms with Gasteiger partial charge in [0.25, 0.3) is 0 Å². The highest BCUT2D eigenvalue weighted by Crippen LogP contribution is 2.10. The Kier molecular flexibility index (Phi) is 5.86. The number of hydrogen-bond acceptors (Lipinski definition) is 3. The van der Waals surface area contributed by atoms with Crippen molar-refractivity contribution in [3.05, 3.63) is 23.9 Å². The summed E-state index contributed by atoms with van der Waals surface area (Å²) in [6, 6.07) is 4.00. The summed E-state index contributed by atoms with van der Waals surface area (Å²) in [5.41, 5.74) is 1.20. The summed E-state index contributed by atoms with van der Waals surface area (Å²) in [5.74, 6) is 0.716. The Bertz CT molecular complexity index is 284. The summed E-state index contributed by atoms with van der Waals surface area (Å²) in [7, 11) is 0. The second-order valence-corrected chi connectivity index (χ2v) is 4.02. The van der Waals surface area contributed by atoms with Crippen LogP contribution in [0.3, 0.4) is 0 Å². The number of hydrogen-bond donors (Lipinski definition) is 1. The van der Waals surface area contributed by atoms with Gasteiger partial charge < -0.3 is 10.1 Å². The van der Waals surface area contributed by atoms with Crippen molar-refractivity contribution in [3.63, 3.8) is 0 Å². The maximum Gasteiger partial charge on any atom is 0.213 e. The lowest BCUT2D eigenvalue weighted by atomic mass is 10.3. The average molecular weight is 222 g/mol. The van der Waals surface area contributed by atoms with E-state index in [-0.39, 0.29) is 6.10 Å². The van der Waals surface area contributed by atoms with Gasteiger partial charge in [0, 0.05) is 18.8 Å². The third kappa shape index (κ3) is 4.62. The van der Waals surface area contributed by atoms with Crippen molar-refractivity contribution in [1.82, 2.24) is 10.3 Å². The second kappa shape index (κ2) is 7.23. The molecule has 1 N–H and O–H groups in total. The fraction of sp³-hybridized carbons (Fsp3) is 0.615. The van der Waals surface area contributed by atoms with Gasteiger partial charge in [-0.3, -0.25) is 0 Å². The molecule has 0 aliphatic heterocycles. The number of rotatable bonds is 7. The van der Waals surface area contributed by atoms with Crippen molar-refractivity contribution in [2.45, 2.75) is 46.3 Å². The van der Waals surface area contributed by atoms with E-state index in [2.05, 4.69) is 37.1 Å². The van der Waals surface area contributed by atoms with Crippen molar-refractivity contribution < 1.29 is 4.74 Å². The highest BCUT2D eigenvalue weighted by atomic mass is 16.5. The molecular formula is C13H22N2O. The lowest BCUT2D eigenvalue weighted by Crippen LogP contribution is -2.14. The molecule has 16 heavy (non-hydrogen) atoms. The van der Waals surface area contributed by atoms with Crippen LogP contribution >= 0.6 is 0 Å². The predicted octanol–water partition coefficient (Wildman–Crippen LogP) is 2.76. The molecule has 0 aliphatic rings. The molecule has 0 aromatic carbocycles. The van der Waals surface area contributed by atoms with Gasteiger partial charge in [-0.25, -0.2) is 4.98 Å². The third-order valence-corrected chi connectivity index (χ3v) is 2.45. The molecule has 0 radical (unpaired) electrons. The maximum absolute atomic E-state index is 5.61. The minimum atomic E-state index is 0.233. The summed E-state index contributed by atoms with van der Waals surface area (Å²) >= 11 is 0. The van der Waals surface area contributed by atoms with Crippen LogP contribution in [0.2, 0.25) is 0 Å². The number of nitrogens with zero attached hydrogens (tertiary/aromatic N) is 1. The van der Waals surface area contributed by atoms with Crippen molar-refractivity contribution in [3.8, 4) is 5.88 Å². The molecule has 0 spiro atoms. The zero-order chi connectivity index (χ0) is 11.8. The van der Waals surface area contributed by atoms with Gasteiger partial charge in [-0.15, -0.1) is 0 Å². The van der Waals surface area contributed by atoms with E-state index in [4.69, 9.17) is 4.74 Å². The SMILES string of the molecule is CCCNCc1ccc(OC(C)CC)nc1. The van der Waals surface area contributed by atoms with Crippen LogP contribution in [0.15, 0.2) is 18.3 Å². The van der Waals surface area contributed by atoms with Crippen molar-refractivity contribution in [2.75, 3.05) is 6.54 Å². The topological polar surface area (TPSA) is 34.1 Å². The Balaban J connectivity index is 2.41. The smallest absolute Gasteiger partial charge is 0.213 e. The molecule has 1 atom stereocenters. The van der Waals surface area contributed by atoms with Gasteiger partial charge in [0.1, 0.15) is 0 Å². The molecule has 3 nitrogen and oxygen atoms in total. The minimum Gasteiger partial charge on any atom is -0.475 e. The molecule has 1 aromatic heterocycles. The zero-order valence-corrected chi connectivity index (χ0v) is 10.5. The first-order chi connectivity index (χ1) is 7.76. The van der Waals surface area contributed by atoms with E-state index in [0.29, 0.717) is 5.88 Å². The van der Waals surface area contributed by atoms with Crippen LogP contribution in [0, 0.1) is 0 Å². The molecule has 1 rings (SSSR count). The van der Waals surface area contributed by atoms with Gasteiger partial charge in [0.15, 0.2) is 0 Å². The van der Waals surface area contributed by atoms with Crippen LogP contribution in [-0.2, 0) is 6.54 Å². The van der Waals surface area contributed by atoms with E-state index in [1.165, 1.54) is 5.56 Å². The Morgan fingerprint density at radius 3 is 2.75 bits per heavy atom. The zero-order valence-electron chi connectivity index (χ0n) is 10.5. The Hall–Kier alpha value is -1.09. The van der Waals surface area contributed by atoms with Crippen molar-refractivity contribution >= 4 is 0 Å². The van der Waals surface area contributed by atoms with Gasteiger partial charge in [-0.1, -0.05) is 19.9 Å². The normalized spacial score (nSPS) is 12.4. The first-order valence-corrected chi connectivity index (χ1v) is 6.08. The van der Waals surface area contributed by atoms with E-state index in [9.17, 15) is 0 Å². The standard InChI is InChI=1S/C13H22N2O/c1-4-8-14-9-12-6-7-13(15-10-12)16-11(3)5-2/h6-7,10-11,14H,4-5,8-9H2,1-3H3. The minimum absolute atomic E-state index is 0.233. The molecule has 1 heterocycles. The summed E-state index contributed by atoms with van der Waals surface area (Å²) in [5, 5.41) is 3.34. The summed E-state index contributed by atoms with van der Waals surface area (Å²) in [6.07, 6.45) is 4.27. The molecule has 0 fully saturated rings. The average Bonchev–Trinajstić information content (AvgIpc) is 2.31. The van der Waals surface area contributed by atoms with Crippen LogP contribution in [0.5, 0.6) is 5.88 Å². The van der Waals surface area contributed by atoms with Crippen LogP contribution in [0.4, 0.5) is 0 Å². The summed E-state index contributed by atoms with van der Waals surface area (Å²) in [4.78, 5) is 4.28. The monoisotopic (exact) mass is 222 g/mol. The fourth-order valence-corrected chi connectivity index (χ4v) is 1.28. The summed E-state index contributed by atoms with van der Waals surface area (Å²) < 4.78 is 5.61. The lowest BCUT2D eigenvalue weighted by Gasteiger charge is -2.11. The molecule has 0 bridgehead atoms. The quantitative estimate of drug-likeness (QED) is 0.720. The van der Waals surface area contributed by atoms with Crippen LogP contribution in [0.1, 0.15) is 39.2 Å². The molecule has 0 saturated carbocycles. The molecule has 0 amide bonds. The van der Waals surface area contributed by atoms with Crippen molar-refractivity contribution in [2.24, 2.45) is 0 Å². The molecule has 3 heteroatoms. The molecule has 0 aliphatic carbocycles. The van der Waals surface area contributed by atoms with Gasteiger partial charge in [-0.2, -0.15) is 0 Å². The van der Waals surface area contributed by atoms with E-state index in [1.807, 2.05) is 12.3 Å². The molecule has 0 saturated heterocycles. The van der Waals surface area contributed by atoms with Crippen LogP contribution in [0.25, 0.3) is 0 Å². The van der Waals surface area contributed by atoms with Gasteiger partial charge in [0.2, 0.25) is 5.88 Å². The Morgan fingerprint density at radius 2 is 2.19 bits per heavy atom.